The van der Waals surface area contributed by atoms with E-state index in [0.717, 1.165) is 27.8 Å². The molecule has 0 unspecified atom stereocenters. The van der Waals surface area contributed by atoms with Gasteiger partial charge in [-0.3, -0.25) is 0 Å². The molecule has 0 fully saturated rings. The van der Waals surface area contributed by atoms with Crippen LogP contribution in [0.3, 0.4) is 0 Å². The minimum Gasteiger partial charge on any atom is -0.543 e. The summed E-state index contributed by atoms with van der Waals surface area (Å²) in [4.78, 5) is 0. The average Bonchev–Trinajstić information content (AvgIpc) is 2.79. The number of aryl methyl sites for hydroxylation is 1. The molecule has 1 heterocycles. The van der Waals surface area contributed by atoms with E-state index in [-0.39, 0.29) is 5.82 Å². The SMILES string of the molecule is C=C(O[Si](C)(C)C)c1c(C)c2ccc(F)cc2n1-c1ccccc1. The topological polar surface area (TPSA) is 14.2 Å². The Hall–Kier alpha value is -2.33. The predicted molar refractivity (Wildman–Crippen MR) is 101 cm³/mol. The van der Waals surface area contributed by atoms with Crippen molar-refractivity contribution in [1.29, 1.82) is 0 Å². The summed E-state index contributed by atoms with van der Waals surface area (Å²) >= 11 is 0. The molecule has 0 saturated heterocycles. The number of hydrogen-bond donors (Lipinski definition) is 0. The van der Waals surface area contributed by atoms with Crippen molar-refractivity contribution in [2.24, 2.45) is 0 Å². The van der Waals surface area contributed by atoms with Crippen LogP contribution in [0.1, 0.15) is 11.3 Å². The largest absolute Gasteiger partial charge is 0.543 e. The fourth-order valence-electron chi connectivity index (χ4n) is 3.02. The molecule has 0 atom stereocenters. The summed E-state index contributed by atoms with van der Waals surface area (Å²) < 4.78 is 22.1. The zero-order chi connectivity index (χ0) is 17.5. The van der Waals surface area contributed by atoms with Gasteiger partial charge in [-0.2, -0.15) is 0 Å². The third-order valence-corrected chi connectivity index (χ3v) is 4.75. The number of rotatable bonds is 4. The van der Waals surface area contributed by atoms with E-state index in [1.807, 2.05) is 47.9 Å². The molecule has 0 radical (unpaired) electrons. The van der Waals surface area contributed by atoms with Crippen molar-refractivity contribution >= 4 is 25.0 Å². The highest BCUT2D eigenvalue weighted by Gasteiger charge is 2.23. The molecule has 0 bridgehead atoms. The van der Waals surface area contributed by atoms with Gasteiger partial charge in [-0.15, -0.1) is 0 Å². The molecule has 0 aliphatic heterocycles. The number of aromatic nitrogens is 1. The third kappa shape index (κ3) is 3.02. The second kappa shape index (κ2) is 5.95. The summed E-state index contributed by atoms with van der Waals surface area (Å²) in [5.74, 6) is 0.396. The minimum absolute atomic E-state index is 0.250. The second-order valence-corrected chi connectivity index (χ2v) is 11.4. The summed E-state index contributed by atoms with van der Waals surface area (Å²) in [5, 5.41) is 1.01. The molecule has 3 rings (SSSR count). The summed E-state index contributed by atoms with van der Waals surface area (Å²) in [6.45, 7) is 12.6. The fraction of sp³-hybridized carbons (Fsp3) is 0.200. The van der Waals surface area contributed by atoms with Crippen LogP contribution in [0.4, 0.5) is 4.39 Å². The van der Waals surface area contributed by atoms with E-state index < -0.39 is 8.32 Å². The van der Waals surface area contributed by atoms with Crippen molar-refractivity contribution in [2.45, 2.75) is 26.6 Å². The highest BCUT2D eigenvalue weighted by molar-refractivity contribution is 6.70. The van der Waals surface area contributed by atoms with Gasteiger partial charge in [0.2, 0.25) is 8.32 Å². The maximum atomic E-state index is 13.9. The van der Waals surface area contributed by atoms with E-state index in [2.05, 4.69) is 26.2 Å². The van der Waals surface area contributed by atoms with Gasteiger partial charge in [0.05, 0.1) is 11.2 Å². The molecular weight excluding hydrogens is 317 g/mol. The number of fused-ring (bicyclic) bond motifs is 1. The van der Waals surface area contributed by atoms with Crippen LogP contribution in [0.2, 0.25) is 19.6 Å². The molecule has 0 spiro atoms. The number of para-hydroxylation sites is 1. The summed E-state index contributed by atoms with van der Waals surface area (Å²) in [5.41, 5.74) is 3.76. The first kappa shape index (κ1) is 16.5. The third-order valence-electron chi connectivity index (χ3n) is 3.89. The molecule has 2 aromatic carbocycles. The van der Waals surface area contributed by atoms with Crippen molar-refractivity contribution in [1.82, 2.24) is 4.57 Å². The Morgan fingerprint density at radius 2 is 1.75 bits per heavy atom. The second-order valence-electron chi connectivity index (χ2n) is 6.94. The van der Waals surface area contributed by atoms with E-state index in [1.54, 1.807) is 6.07 Å². The van der Waals surface area contributed by atoms with Crippen molar-refractivity contribution in [3.63, 3.8) is 0 Å². The zero-order valence-electron chi connectivity index (χ0n) is 14.6. The molecule has 3 aromatic rings. The molecule has 24 heavy (non-hydrogen) atoms. The Balaban J connectivity index is 2.31. The maximum Gasteiger partial charge on any atom is 0.242 e. The smallest absolute Gasteiger partial charge is 0.242 e. The van der Waals surface area contributed by atoms with Gasteiger partial charge in [-0.1, -0.05) is 24.8 Å². The highest BCUT2D eigenvalue weighted by atomic mass is 28.4. The van der Waals surface area contributed by atoms with Crippen molar-refractivity contribution in [3.8, 4) is 5.69 Å². The number of benzene rings is 2. The van der Waals surface area contributed by atoms with E-state index in [1.165, 1.54) is 6.07 Å². The molecule has 0 N–H and O–H groups in total. The molecular formula is C20H22FNOSi. The molecule has 2 nitrogen and oxygen atoms in total. The molecule has 0 aliphatic carbocycles. The molecule has 0 amide bonds. The number of hydrogen-bond acceptors (Lipinski definition) is 1. The monoisotopic (exact) mass is 339 g/mol. The molecule has 4 heteroatoms. The van der Waals surface area contributed by atoms with Crippen molar-refractivity contribution in [3.05, 3.63) is 72.2 Å². The van der Waals surface area contributed by atoms with E-state index in [9.17, 15) is 4.39 Å². The van der Waals surface area contributed by atoms with Crippen molar-refractivity contribution < 1.29 is 8.82 Å². The maximum absolute atomic E-state index is 13.9. The Morgan fingerprint density at radius 3 is 2.38 bits per heavy atom. The van der Waals surface area contributed by atoms with Crippen LogP contribution >= 0.6 is 0 Å². The normalized spacial score (nSPS) is 11.7. The van der Waals surface area contributed by atoms with Crippen molar-refractivity contribution in [2.75, 3.05) is 0 Å². The van der Waals surface area contributed by atoms with E-state index in [4.69, 9.17) is 4.43 Å². The number of halogens is 1. The molecule has 0 saturated carbocycles. The Morgan fingerprint density at radius 1 is 1.08 bits per heavy atom. The van der Waals surface area contributed by atoms with Crippen LogP contribution in [0.5, 0.6) is 0 Å². The Bertz CT molecular complexity index is 907. The first-order valence-corrected chi connectivity index (χ1v) is 11.4. The lowest BCUT2D eigenvalue weighted by atomic mass is 10.1. The zero-order valence-corrected chi connectivity index (χ0v) is 15.6. The van der Waals surface area contributed by atoms with E-state index in [0.29, 0.717) is 5.76 Å². The fourth-order valence-corrected chi connectivity index (χ4v) is 3.86. The lowest BCUT2D eigenvalue weighted by molar-refractivity contribution is 0.511. The first-order valence-electron chi connectivity index (χ1n) is 8.02. The van der Waals surface area contributed by atoms with Gasteiger partial charge in [-0.25, -0.2) is 4.39 Å². The lowest BCUT2D eigenvalue weighted by Crippen LogP contribution is -2.24. The average molecular weight is 339 g/mol. The molecule has 0 aliphatic rings. The van der Waals surface area contributed by atoms with Crippen LogP contribution in [-0.2, 0) is 4.43 Å². The van der Waals surface area contributed by atoms with Crippen LogP contribution in [0, 0.1) is 12.7 Å². The number of nitrogens with zero attached hydrogens (tertiary/aromatic N) is 1. The Labute approximate surface area is 143 Å². The Kier molecular flexibility index (Phi) is 4.09. The van der Waals surface area contributed by atoms with Gasteiger partial charge >= 0.3 is 0 Å². The van der Waals surface area contributed by atoms with Crippen LogP contribution in [0.25, 0.3) is 22.3 Å². The summed E-state index contributed by atoms with van der Waals surface area (Å²) in [7, 11) is -1.80. The quantitative estimate of drug-likeness (QED) is 0.426. The predicted octanol–water partition coefficient (Wildman–Crippen LogP) is 5.90. The standard InChI is InChI=1S/C20H22FNOSi/c1-14-18-12-11-16(21)13-19(18)22(17-9-7-6-8-10-17)20(14)15(2)23-24(3,4)5/h6-13H,2H2,1,3-5H3. The first-order chi connectivity index (χ1) is 11.3. The van der Waals surface area contributed by atoms with Crippen LogP contribution < -0.4 is 0 Å². The van der Waals surface area contributed by atoms with Gasteiger partial charge in [0.25, 0.3) is 0 Å². The van der Waals surface area contributed by atoms with Gasteiger partial charge in [0.15, 0.2) is 0 Å². The molecule has 124 valence electrons. The van der Waals surface area contributed by atoms with Gasteiger partial charge in [0, 0.05) is 11.1 Å². The highest BCUT2D eigenvalue weighted by Crippen LogP contribution is 2.34. The summed E-state index contributed by atoms with van der Waals surface area (Å²) in [6.07, 6.45) is 0. The summed E-state index contributed by atoms with van der Waals surface area (Å²) in [6, 6.07) is 14.8. The van der Waals surface area contributed by atoms with Gasteiger partial charge in [-0.05, 0) is 62.5 Å². The minimum atomic E-state index is -1.80. The lowest BCUT2D eigenvalue weighted by Gasteiger charge is -2.23. The van der Waals surface area contributed by atoms with E-state index >= 15 is 0 Å². The van der Waals surface area contributed by atoms with Crippen LogP contribution in [-0.4, -0.2) is 12.9 Å². The van der Waals surface area contributed by atoms with Gasteiger partial charge in [0.1, 0.15) is 11.6 Å². The molecule has 1 aromatic heterocycles. The van der Waals surface area contributed by atoms with Gasteiger partial charge < -0.3 is 8.99 Å². The van der Waals surface area contributed by atoms with Crippen LogP contribution in [0.15, 0.2) is 55.1 Å².